The number of nitrogens with zero attached hydrogens (tertiary/aromatic N) is 4. The molecule has 226 valence electrons. The molecule has 2 aliphatic heterocycles. The number of ether oxygens (including phenoxy) is 2. The van der Waals surface area contributed by atoms with Gasteiger partial charge in [-0.25, -0.2) is 4.79 Å². The summed E-state index contributed by atoms with van der Waals surface area (Å²) in [5.41, 5.74) is 2.41. The molecule has 43 heavy (non-hydrogen) atoms. The number of rotatable bonds is 8. The van der Waals surface area contributed by atoms with Gasteiger partial charge in [-0.2, -0.15) is 0 Å². The summed E-state index contributed by atoms with van der Waals surface area (Å²) < 4.78 is 11.7. The predicted molar refractivity (Wildman–Crippen MR) is 167 cm³/mol. The molecule has 1 fully saturated rings. The van der Waals surface area contributed by atoms with Gasteiger partial charge in [0.05, 0.1) is 31.4 Å². The van der Waals surface area contributed by atoms with E-state index in [0.29, 0.717) is 59.1 Å². The predicted octanol–water partition coefficient (Wildman–Crippen LogP) is 6.16. The molecule has 5 rings (SSSR count). The number of methoxy groups -OCH3 is 1. The minimum Gasteiger partial charge on any atom is -0.497 e. The number of aliphatic imine (C=N–C) groups is 1. The number of carbonyl (C=O) groups is 2. The second-order valence-electron chi connectivity index (χ2n) is 10.8. The minimum atomic E-state index is -0.889. The lowest BCUT2D eigenvalue weighted by atomic mass is 9.93. The van der Waals surface area contributed by atoms with Gasteiger partial charge >= 0.3 is 12.0 Å². The van der Waals surface area contributed by atoms with Crippen LogP contribution < -0.4 is 9.47 Å². The molecule has 3 aromatic rings. The molecule has 1 saturated heterocycles. The van der Waals surface area contributed by atoms with Crippen LogP contribution >= 0.6 is 23.2 Å². The highest BCUT2D eigenvalue weighted by Crippen LogP contribution is 2.46. The van der Waals surface area contributed by atoms with E-state index in [1.54, 1.807) is 23.0 Å². The van der Waals surface area contributed by atoms with Gasteiger partial charge in [-0.15, -0.1) is 0 Å². The zero-order valence-corrected chi connectivity index (χ0v) is 25.8. The van der Waals surface area contributed by atoms with Crippen LogP contribution in [-0.4, -0.2) is 83.6 Å². The summed E-state index contributed by atoms with van der Waals surface area (Å²) in [5, 5.41) is 10.4. The average Bonchev–Trinajstić information content (AvgIpc) is 3.37. The standard InChI is InChI=1S/C32H34Cl2N4O5/c1-20(2)43-27-18-25(42-3)12-13-26(27)31-35-29(21-4-8-23(33)9-5-21)30(22-6-10-24(34)11-7-22)38(31)32(41)37-16-14-36(15-17-37)19-28(39)40/h4-13,18,20,29-30H,14-17,19H2,1-3H3,(H,39,40)/t29-,30+/m0/s1. The molecule has 0 bridgehead atoms. The van der Waals surface area contributed by atoms with Crippen molar-refractivity contribution < 1.29 is 24.2 Å². The van der Waals surface area contributed by atoms with E-state index in [2.05, 4.69) is 0 Å². The first-order valence-corrected chi connectivity index (χ1v) is 14.9. The lowest BCUT2D eigenvalue weighted by Crippen LogP contribution is -2.54. The molecule has 2 heterocycles. The second kappa shape index (κ2) is 13.2. The molecule has 11 heteroatoms. The fraction of sp³-hybridized carbons (Fsp3) is 0.344. The minimum absolute atomic E-state index is 0.0633. The van der Waals surface area contributed by atoms with Gasteiger partial charge in [0, 0.05) is 42.3 Å². The Morgan fingerprint density at radius 1 is 0.930 bits per heavy atom. The molecule has 3 aromatic carbocycles. The second-order valence-corrected chi connectivity index (χ2v) is 11.7. The lowest BCUT2D eigenvalue weighted by Gasteiger charge is -2.38. The molecule has 2 aliphatic rings. The highest BCUT2D eigenvalue weighted by atomic mass is 35.5. The normalized spacial score (nSPS) is 19.0. The molecule has 0 radical (unpaired) electrons. The van der Waals surface area contributed by atoms with E-state index in [4.69, 9.17) is 37.7 Å². The fourth-order valence-electron chi connectivity index (χ4n) is 5.46. The van der Waals surface area contributed by atoms with Gasteiger partial charge in [-0.1, -0.05) is 47.5 Å². The summed E-state index contributed by atoms with van der Waals surface area (Å²) in [5.74, 6) is 0.744. The Hall–Kier alpha value is -3.79. The molecule has 9 nitrogen and oxygen atoms in total. The highest BCUT2D eigenvalue weighted by molar-refractivity contribution is 6.30. The van der Waals surface area contributed by atoms with E-state index in [0.717, 1.165) is 11.1 Å². The number of aliphatic carboxylic acids is 1. The number of benzene rings is 3. The molecular weight excluding hydrogens is 591 g/mol. The van der Waals surface area contributed by atoms with Crippen LogP contribution in [0.2, 0.25) is 10.0 Å². The van der Waals surface area contributed by atoms with E-state index < -0.39 is 18.1 Å². The number of carboxylic acid groups (broad SMARTS) is 1. The number of halogens is 2. The molecule has 0 spiro atoms. The van der Waals surface area contributed by atoms with Gasteiger partial charge in [-0.3, -0.25) is 19.6 Å². The molecule has 1 N–H and O–H groups in total. The Kier molecular flexibility index (Phi) is 9.44. The zero-order chi connectivity index (χ0) is 30.7. The third-order valence-corrected chi connectivity index (χ3v) is 7.99. The quantitative estimate of drug-likeness (QED) is 0.323. The smallest absolute Gasteiger partial charge is 0.326 e. The van der Waals surface area contributed by atoms with E-state index in [1.807, 2.05) is 79.4 Å². The van der Waals surface area contributed by atoms with Crippen molar-refractivity contribution in [2.45, 2.75) is 32.0 Å². The third kappa shape index (κ3) is 6.90. The van der Waals surface area contributed by atoms with Gasteiger partial charge in [0.25, 0.3) is 0 Å². The Balaban J connectivity index is 1.63. The highest BCUT2D eigenvalue weighted by Gasteiger charge is 2.45. The van der Waals surface area contributed by atoms with Crippen molar-refractivity contribution >= 4 is 41.0 Å². The summed E-state index contributed by atoms with van der Waals surface area (Å²) in [6.45, 7) is 5.48. The van der Waals surface area contributed by atoms with Crippen LogP contribution in [0.4, 0.5) is 4.79 Å². The Morgan fingerprint density at radius 2 is 1.53 bits per heavy atom. The van der Waals surface area contributed by atoms with Crippen molar-refractivity contribution in [3.05, 3.63) is 93.5 Å². The molecule has 0 aliphatic carbocycles. The first kappa shape index (κ1) is 30.7. The monoisotopic (exact) mass is 624 g/mol. The summed E-state index contributed by atoms with van der Waals surface area (Å²) >= 11 is 12.5. The van der Waals surface area contributed by atoms with Gasteiger partial charge in [0.15, 0.2) is 0 Å². The molecule has 0 aromatic heterocycles. The van der Waals surface area contributed by atoms with Crippen LogP contribution in [0.1, 0.15) is 42.6 Å². The Morgan fingerprint density at radius 3 is 2.09 bits per heavy atom. The molecule has 2 amide bonds. The first-order valence-electron chi connectivity index (χ1n) is 14.1. The number of piperazine rings is 1. The number of hydrogen-bond acceptors (Lipinski definition) is 6. The fourth-order valence-corrected chi connectivity index (χ4v) is 5.71. The van der Waals surface area contributed by atoms with E-state index >= 15 is 0 Å². The Labute approximate surface area is 261 Å². The summed E-state index contributed by atoms with van der Waals surface area (Å²) in [4.78, 5) is 36.4. The number of carboxylic acids is 1. The van der Waals surface area contributed by atoms with E-state index in [1.165, 1.54) is 0 Å². The van der Waals surface area contributed by atoms with Gasteiger partial charge in [0.2, 0.25) is 0 Å². The van der Waals surface area contributed by atoms with Crippen LogP contribution in [0.15, 0.2) is 71.7 Å². The average molecular weight is 626 g/mol. The zero-order valence-electron chi connectivity index (χ0n) is 24.2. The Bertz CT molecular complexity index is 1490. The maximum absolute atomic E-state index is 14.6. The summed E-state index contributed by atoms with van der Waals surface area (Å²) in [6, 6.07) is 19.2. The van der Waals surface area contributed by atoms with Crippen molar-refractivity contribution in [1.82, 2.24) is 14.7 Å². The number of amidine groups is 1. The lowest BCUT2D eigenvalue weighted by molar-refractivity contribution is -0.138. The summed E-state index contributed by atoms with van der Waals surface area (Å²) in [6.07, 6.45) is -0.140. The van der Waals surface area contributed by atoms with Crippen molar-refractivity contribution in [1.29, 1.82) is 0 Å². The maximum Gasteiger partial charge on any atom is 0.326 e. The van der Waals surface area contributed by atoms with Crippen molar-refractivity contribution in [3.8, 4) is 11.5 Å². The number of hydrogen-bond donors (Lipinski definition) is 1. The molecule has 0 unspecified atom stereocenters. The van der Waals surface area contributed by atoms with Crippen molar-refractivity contribution in [2.75, 3.05) is 39.8 Å². The van der Waals surface area contributed by atoms with Crippen LogP contribution in [0, 0.1) is 0 Å². The molecule has 0 saturated carbocycles. The topological polar surface area (TPSA) is 94.9 Å². The third-order valence-electron chi connectivity index (χ3n) is 7.49. The van der Waals surface area contributed by atoms with E-state index in [-0.39, 0.29) is 18.7 Å². The maximum atomic E-state index is 14.6. The molecular formula is C32H34Cl2N4O5. The van der Waals surface area contributed by atoms with Crippen LogP contribution in [-0.2, 0) is 4.79 Å². The summed E-state index contributed by atoms with van der Waals surface area (Å²) in [7, 11) is 1.59. The van der Waals surface area contributed by atoms with E-state index in [9.17, 15) is 14.7 Å². The first-order chi connectivity index (χ1) is 20.6. The number of amides is 2. The SMILES string of the molecule is COc1ccc(C2=N[C@@H](c3ccc(Cl)cc3)[C@@H](c3ccc(Cl)cc3)N2C(=O)N2CCN(CC(=O)O)CC2)c(OC(C)C)c1. The van der Waals surface area contributed by atoms with Crippen LogP contribution in [0.5, 0.6) is 11.5 Å². The van der Waals surface area contributed by atoms with Crippen molar-refractivity contribution in [3.63, 3.8) is 0 Å². The largest absolute Gasteiger partial charge is 0.497 e. The molecule has 2 atom stereocenters. The number of carbonyl (C=O) groups excluding carboxylic acids is 1. The number of urea groups is 1. The van der Waals surface area contributed by atoms with Gasteiger partial charge in [0.1, 0.15) is 23.4 Å². The van der Waals surface area contributed by atoms with Gasteiger partial charge in [-0.05, 0) is 61.4 Å². The van der Waals surface area contributed by atoms with Crippen LogP contribution in [0.25, 0.3) is 0 Å². The van der Waals surface area contributed by atoms with Gasteiger partial charge < -0.3 is 19.5 Å². The van der Waals surface area contributed by atoms with Crippen molar-refractivity contribution in [2.24, 2.45) is 4.99 Å². The van der Waals surface area contributed by atoms with Crippen LogP contribution in [0.3, 0.4) is 0 Å².